The number of sulfonamides is 2. The van der Waals surface area contributed by atoms with Gasteiger partial charge in [-0.3, -0.25) is 0 Å². The maximum Gasteiger partial charge on any atom is 0.253 e. The van der Waals surface area contributed by atoms with Gasteiger partial charge in [0.2, 0.25) is 0 Å². The number of hydrogen-bond acceptors (Lipinski definition) is 6. The van der Waals surface area contributed by atoms with Gasteiger partial charge in [-0.1, -0.05) is 0 Å². The first kappa shape index (κ1) is 20.4. The van der Waals surface area contributed by atoms with Crippen molar-refractivity contribution < 1.29 is 16.8 Å². The van der Waals surface area contributed by atoms with Crippen LogP contribution in [0.3, 0.4) is 0 Å². The summed E-state index contributed by atoms with van der Waals surface area (Å²) in [6.07, 6.45) is 0. The summed E-state index contributed by atoms with van der Waals surface area (Å²) in [6, 6.07) is 6.55. The minimum atomic E-state index is -4.29. The second-order valence-corrected chi connectivity index (χ2v) is 11.7. The summed E-state index contributed by atoms with van der Waals surface area (Å²) in [5.41, 5.74) is 12.3. The van der Waals surface area contributed by atoms with Crippen LogP contribution in [0.15, 0.2) is 40.1 Å². The molecule has 0 aromatic heterocycles. The van der Waals surface area contributed by atoms with Crippen molar-refractivity contribution in [3.8, 4) is 0 Å². The topological polar surface area (TPSA) is 132 Å². The Kier molecular flexibility index (Phi) is 6.27. The molecule has 7 nitrogen and oxygen atoms in total. The highest BCUT2D eigenvalue weighted by atomic mass is 127. The van der Waals surface area contributed by atoms with Crippen LogP contribution in [0.25, 0.3) is 0 Å². The van der Waals surface area contributed by atoms with Crippen molar-refractivity contribution in [2.75, 3.05) is 11.5 Å². The van der Waals surface area contributed by atoms with Crippen LogP contribution in [0, 0.1) is 10.7 Å². The molecule has 2 rings (SSSR count). The lowest BCUT2D eigenvalue weighted by atomic mass is 10.3. The van der Waals surface area contributed by atoms with E-state index in [1.54, 1.807) is 4.13 Å². The Balaban J connectivity index is 2.46. The van der Waals surface area contributed by atoms with Gasteiger partial charge in [0.15, 0.2) is 0 Å². The minimum absolute atomic E-state index is 0.181. The fourth-order valence-electron chi connectivity index (χ4n) is 1.63. The van der Waals surface area contributed by atoms with E-state index in [1.807, 2.05) is 67.8 Å². The standard InChI is InChI=1S/C12H10I3N3O4S2/c13-8-3-6(1-2-11(8)16)23(19,20)18-24(21,22)7-4-9(14)12(17)10(15)5-7/h1-5,18H,16-17H2. The van der Waals surface area contributed by atoms with Crippen molar-refractivity contribution in [3.05, 3.63) is 41.0 Å². The Morgan fingerprint density at radius 3 is 1.71 bits per heavy atom. The van der Waals surface area contributed by atoms with E-state index < -0.39 is 20.0 Å². The molecule has 0 unspecified atom stereocenters. The van der Waals surface area contributed by atoms with Gasteiger partial charge in [-0.2, -0.15) is 0 Å². The molecule has 0 aliphatic heterocycles. The highest BCUT2D eigenvalue weighted by Gasteiger charge is 2.26. The van der Waals surface area contributed by atoms with E-state index in [-0.39, 0.29) is 9.79 Å². The van der Waals surface area contributed by atoms with Crippen molar-refractivity contribution >= 4 is 99.2 Å². The molecule has 0 saturated heterocycles. The van der Waals surface area contributed by atoms with E-state index in [9.17, 15) is 16.8 Å². The second-order valence-electron chi connectivity index (χ2n) is 4.57. The predicted molar refractivity (Wildman–Crippen MR) is 117 cm³/mol. The molecule has 0 radical (unpaired) electrons. The highest BCUT2D eigenvalue weighted by molar-refractivity contribution is 14.1. The van der Waals surface area contributed by atoms with Crippen molar-refractivity contribution in [3.63, 3.8) is 0 Å². The summed E-state index contributed by atoms with van der Waals surface area (Å²) < 4.78 is 52.8. The molecule has 2 aromatic rings. The number of benzene rings is 2. The molecular weight excluding hydrogens is 695 g/mol. The van der Waals surface area contributed by atoms with Gasteiger partial charge in [-0.15, -0.1) is 4.13 Å². The van der Waals surface area contributed by atoms with Gasteiger partial charge in [0.25, 0.3) is 20.0 Å². The number of hydrogen-bond donors (Lipinski definition) is 3. The van der Waals surface area contributed by atoms with E-state index in [0.29, 0.717) is 22.1 Å². The Morgan fingerprint density at radius 2 is 1.21 bits per heavy atom. The summed E-state index contributed by atoms with van der Waals surface area (Å²) in [7, 11) is -8.56. The average molecular weight is 705 g/mol. The zero-order chi connectivity index (χ0) is 18.3. The molecule has 2 aromatic carbocycles. The molecule has 12 heteroatoms. The van der Waals surface area contributed by atoms with Crippen LogP contribution >= 0.6 is 67.8 Å². The van der Waals surface area contributed by atoms with E-state index in [1.165, 1.54) is 30.3 Å². The van der Waals surface area contributed by atoms with Gasteiger partial charge in [-0.25, -0.2) is 16.8 Å². The molecule has 0 heterocycles. The fraction of sp³-hybridized carbons (Fsp3) is 0. The molecule has 0 aliphatic carbocycles. The maximum atomic E-state index is 12.4. The van der Waals surface area contributed by atoms with Gasteiger partial charge < -0.3 is 11.5 Å². The molecule has 0 amide bonds. The molecular formula is C12H10I3N3O4S2. The van der Waals surface area contributed by atoms with Gasteiger partial charge in [-0.05, 0) is 98.1 Å². The summed E-state index contributed by atoms with van der Waals surface area (Å²) in [4.78, 5) is -0.372. The number of nitrogens with two attached hydrogens (primary N) is 2. The Morgan fingerprint density at radius 1 is 0.750 bits per heavy atom. The number of rotatable bonds is 4. The fourth-order valence-corrected chi connectivity index (χ4v) is 7.54. The van der Waals surface area contributed by atoms with Crippen LogP contribution < -0.4 is 15.6 Å². The summed E-state index contributed by atoms with van der Waals surface area (Å²) in [5, 5.41) is 0. The molecule has 0 aliphatic rings. The molecule has 0 bridgehead atoms. The number of nitrogen functional groups attached to an aromatic ring is 2. The van der Waals surface area contributed by atoms with Gasteiger partial charge >= 0.3 is 0 Å². The third-order valence-corrected chi connectivity index (χ3v) is 9.07. The summed E-state index contributed by atoms with van der Waals surface area (Å²) in [6.45, 7) is 0. The molecule has 5 N–H and O–H groups in total. The summed E-state index contributed by atoms with van der Waals surface area (Å²) >= 11 is 5.64. The minimum Gasteiger partial charge on any atom is -0.398 e. The normalized spacial score (nSPS) is 12.3. The molecule has 0 spiro atoms. The van der Waals surface area contributed by atoms with Crippen molar-refractivity contribution in [2.24, 2.45) is 0 Å². The lowest BCUT2D eigenvalue weighted by molar-refractivity contribution is 0.577. The molecule has 0 fully saturated rings. The molecule has 0 atom stereocenters. The average Bonchev–Trinajstić information content (AvgIpc) is 2.45. The highest BCUT2D eigenvalue weighted by Crippen LogP contribution is 2.27. The van der Waals surface area contributed by atoms with Crippen molar-refractivity contribution in [2.45, 2.75) is 9.79 Å². The van der Waals surface area contributed by atoms with Gasteiger partial charge in [0.1, 0.15) is 0 Å². The third kappa shape index (κ3) is 4.43. The van der Waals surface area contributed by atoms with Crippen LogP contribution in [0.1, 0.15) is 0 Å². The van der Waals surface area contributed by atoms with Crippen molar-refractivity contribution in [1.29, 1.82) is 0 Å². The molecule has 24 heavy (non-hydrogen) atoms. The Labute approximate surface area is 180 Å². The number of anilines is 2. The first-order valence-electron chi connectivity index (χ1n) is 6.02. The maximum absolute atomic E-state index is 12.4. The smallest absolute Gasteiger partial charge is 0.253 e. The zero-order valence-electron chi connectivity index (χ0n) is 11.6. The Bertz CT molecular complexity index is 1000. The van der Waals surface area contributed by atoms with Crippen molar-refractivity contribution in [1.82, 2.24) is 4.13 Å². The monoisotopic (exact) mass is 705 g/mol. The first-order chi connectivity index (χ1) is 10.9. The largest absolute Gasteiger partial charge is 0.398 e. The molecule has 130 valence electrons. The number of nitrogens with one attached hydrogen (secondary N) is 1. The van der Waals surface area contributed by atoms with Crippen LogP contribution in [0.5, 0.6) is 0 Å². The lowest BCUT2D eigenvalue weighted by Gasteiger charge is -2.11. The first-order valence-corrected chi connectivity index (χ1v) is 12.2. The zero-order valence-corrected chi connectivity index (χ0v) is 19.7. The summed E-state index contributed by atoms with van der Waals surface area (Å²) in [5.74, 6) is 0. The van der Waals surface area contributed by atoms with E-state index in [0.717, 1.165) is 0 Å². The molecule has 0 saturated carbocycles. The predicted octanol–water partition coefficient (Wildman–Crippen LogP) is 2.33. The lowest BCUT2D eigenvalue weighted by Crippen LogP contribution is -2.31. The van der Waals surface area contributed by atoms with Crippen LogP contribution in [-0.4, -0.2) is 16.8 Å². The third-order valence-electron chi connectivity index (χ3n) is 2.86. The van der Waals surface area contributed by atoms with Gasteiger partial charge in [0.05, 0.1) is 15.5 Å². The van der Waals surface area contributed by atoms with Crippen LogP contribution in [0.2, 0.25) is 0 Å². The second kappa shape index (κ2) is 7.37. The van der Waals surface area contributed by atoms with E-state index in [2.05, 4.69) is 0 Å². The number of halogens is 3. The van der Waals surface area contributed by atoms with Gasteiger partial charge in [0, 0.05) is 16.4 Å². The van der Waals surface area contributed by atoms with E-state index >= 15 is 0 Å². The van der Waals surface area contributed by atoms with E-state index in [4.69, 9.17) is 11.5 Å². The van der Waals surface area contributed by atoms with Crippen LogP contribution in [0.4, 0.5) is 11.4 Å². The van der Waals surface area contributed by atoms with Crippen LogP contribution in [-0.2, 0) is 20.0 Å². The SMILES string of the molecule is Nc1ccc(S(=O)(=O)NS(=O)(=O)c2cc(I)c(N)c(I)c2)cc1I. The Hall–Kier alpha value is 0.0900. The quantitative estimate of drug-likeness (QED) is 0.331.